The topological polar surface area (TPSA) is 33.1 Å². The Bertz CT molecular complexity index is 529. The summed E-state index contributed by atoms with van der Waals surface area (Å²) in [6, 6.07) is 4.33. The predicted molar refractivity (Wildman–Crippen MR) is 66.9 cm³/mol. The molecule has 1 heterocycles. The van der Waals surface area contributed by atoms with Gasteiger partial charge in [-0.2, -0.15) is 0 Å². The zero-order chi connectivity index (χ0) is 12.4. The molecule has 0 saturated carbocycles. The van der Waals surface area contributed by atoms with Gasteiger partial charge in [-0.25, -0.2) is 9.37 Å². The Balaban J connectivity index is 2.14. The van der Waals surface area contributed by atoms with E-state index in [-0.39, 0.29) is 5.02 Å². The molecule has 0 saturated heterocycles. The molecule has 1 aromatic heterocycles. The highest BCUT2D eigenvalue weighted by atomic mass is 35.5. The molecule has 0 spiro atoms. The van der Waals surface area contributed by atoms with E-state index in [9.17, 15) is 9.50 Å². The molecule has 1 unspecified atom stereocenters. The summed E-state index contributed by atoms with van der Waals surface area (Å²) in [4.78, 5) is 4.25. The van der Waals surface area contributed by atoms with Crippen LogP contribution in [0.2, 0.25) is 5.02 Å². The zero-order valence-corrected chi connectivity index (χ0v) is 10.7. The van der Waals surface area contributed by atoms with Crippen molar-refractivity contribution in [3.63, 3.8) is 0 Å². The van der Waals surface area contributed by atoms with E-state index in [1.807, 2.05) is 12.3 Å². The summed E-state index contributed by atoms with van der Waals surface area (Å²) in [6.07, 6.45) is -0.369. The van der Waals surface area contributed by atoms with E-state index < -0.39 is 11.9 Å². The number of hydrogen-bond donors (Lipinski definition) is 1. The number of aromatic nitrogens is 1. The fraction of sp³-hybridized carbons (Fsp3) is 0.250. The van der Waals surface area contributed by atoms with Gasteiger partial charge in [-0.1, -0.05) is 17.7 Å². The van der Waals surface area contributed by atoms with Crippen LogP contribution in [0.3, 0.4) is 0 Å². The van der Waals surface area contributed by atoms with Crippen molar-refractivity contribution in [2.45, 2.75) is 19.4 Å². The Hall–Kier alpha value is -0.970. The maximum absolute atomic E-state index is 13.2. The van der Waals surface area contributed by atoms with Gasteiger partial charge in [0.05, 0.1) is 16.1 Å². The third-order valence-electron chi connectivity index (χ3n) is 2.36. The number of aryl methyl sites for hydroxylation is 1. The SMILES string of the molecule is Cc1csc(CC(O)c2ccc(Cl)c(F)c2)n1. The number of aliphatic hydroxyl groups is 1. The van der Waals surface area contributed by atoms with Crippen LogP contribution in [0.4, 0.5) is 4.39 Å². The van der Waals surface area contributed by atoms with Crippen molar-refractivity contribution in [1.29, 1.82) is 0 Å². The van der Waals surface area contributed by atoms with Gasteiger partial charge in [-0.05, 0) is 24.6 Å². The number of hydrogen-bond acceptors (Lipinski definition) is 3. The minimum absolute atomic E-state index is 0.0612. The summed E-state index contributed by atoms with van der Waals surface area (Å²) in [6.45, 7) is 1.90. The van der Waals surface area contributed by atoms with Crippen LogP contribution in [0.1, 0.15) is 22.4 Å². The molecule has 1 atom stereocenters. The predicted octanol–water partition coefficient (Wildman–Crippen LogP) is 3.52. The summed E-state index contributed by atoms with van der Waals surface area (Å²) >= 11 is 7.07. The molecule has 5 heteroatoms. The zero-order valence-electron chi connectivity index (χ0n) is 9.15. The van der Waals surface area contributed by atoms with Crippen LogP contribution in [0.25, 0.3) is 0 Å². The number of rotatable bonds is 3. The molecular weight excluding hydrogens is 261 g/mol. The first-order valence-electron chi connectivity index (χ1n) is 5.10. The lowest BCUT2D eigenvalue weighted by atomic mass is 10.1. The molecule has 0 fully saturated rings. The van der Waals surface area contributed by atoms with E-state index in [0.29, 0.717) is 12.0 Å². The fourth-order valence-electron chi connectivity index (χ4n) is 1.50. The van der Waals surface area contributed by atoms with Crippen LogP contribution >= 0.6 is 22.9 Å². The van der Waals surface area contributed by atoms with Crippen molar-refractivity contribution in [1.82, 2.24) is 4.98 Å². The maximum atomic E-state index is 13.2. The fourth-order valence-corrected chi connectivity index (χ4v) is 2.43. The van der Waals surface area contributed by atoms with Crippen molar-refractivity contribution in [2.75, 3.05) is 0 Å². The molecular formula is C12H11ClFNOS. The Kier molecular flexibility index (Phi) is 3.76. The van der Waals surface area contributed by atoms with Crippen LogP contribution in [0.5, 0.6) is 0 Å². The van der Waals surface area contributed by atoms with E-state index in [1.54, 1.807) is 6.07 Å². The number of thiazole rings is 1. The maximum Gasteiger partial charge on any atom is 0.142 e. The largest absolute Gasteiger partial charge is 0.388 e. The smallest absolute Gasteiger partial charge is 0.142 e. The van der Waals surface area contributed by atoms with Gasteiger partial charge >= 0.3 is 0 Å². The van der Waals surface area contributed by atoms with Gasteiger partial charge in [0, 0.05) is 17.5 Å². The summed E-state index contributed by atoms with van der Waals surface area (Å²) < 4.78 is 13.2. The molecule has 0 aliphatic heterocycles. The lowest BCUT2D eigenvalue weighted by molar-refractivity contribution is 0.178. The third kappa shape index (κ3) is 3.03. The van der Waals surface area contributed by atoms with E-state index in [0.717, 1.165) is 10.7 Å². The van der Waals surface area contributed by atoms with Gasteiger partial charge in [0.2, 0.25) is 0 Å². The summed E-state index contributed by atoms with van der Waals surface area (Å²) in [5.41, 5.74) is 1.44. The van der Waals surface area contributed by atoms with Gasteiger partial charge < -0.3 is 5.11 Å². The van der Waals surface area contributed by atoms with Crippen molar-refractivity contribution in [3.8, 4) is 0 Å². The number of halogens is 2. The van der Waals surface area contributed by atoms with Crippen LogP contribution in [-0.2, 0) is 6.42 Å². The first-order chi connectivity index (χ1) is 8.06. The van der Waals surface area contributed by atoms with Crippen LogP contribution in [0, 0.1) is 12.7 Å². The molecule has 0 bridgehead atoms. The van der Waals surface area contributed by atoms with Gasteiger partial charge in [-0.3, -0.25) is 0 Å². The molecule has 2 nitrogen and oxygen atoms in total. The highest BCUT2D eigenvalue weighted by Gasteiger charge is 2.12. The Morgan fingerprint density at radius 1 is 1.53 bits per heavy atom. The molecule has 90 valence electrons. The molecule has 0 amide bonds. The van der Waals surface area contributed by atoms with Crippen LogP contribution in [-0.4, -0.2) is 10.1 Å². The number of nitrogens with zero attached hydrogens (tertiary/aromatic N) is 1. The average molecular weight is 272 g/mol. The summed E-state index contributed by atoms with van der Waals surface area (Å²) in [5.74, 6) is -0.515. The summed E-state index contributed by atoms with van der Waals surface area (Å²) in [7, 11) is 0. The van der Waals surface area contributed by atoms with E-state index in [1.165, 1.54) is 23.5 Å². The molecule has 0 aliphatic rings. The lowest BCUT2D eigenvalue weighted by Gasteiger charge is -2.09. The van der Waals surface area contributed by atoms with Crippen molar-refractivity contribution < 1.29 is 9.50 Å². The highest BCUT2D eigenvalue weighted by Crippen LogP contribution is 2.24. The first-order valence-corrected chi connectivity index (χ1v) is 6.36. The van der Waals surface area contributed by atoms with Gasteiger partial charge in [0.15, 0.2) is 0 Å². The second-order valence-corrected chi connectivity index (χ2v) is 5.13. The minimum atomic E-state index is -0.757. The molecule has 17 heavy (non-hydrogen) atoms. The monoisotopic (exact) mass is 271 g/mol. The molecule has 1 N–H and O–H groups in total. The Morgan fingerprint density at radius 2 is 2.29 bits per heavy atom. The molecule has 1 aromatic carbocycles. The standard InChI is InChI=1S/C12H11ClFNOS/c1-7-6-17-12(15-7)5-11(16)8-2-3-9(13)10(14)4-8/h2-4,6,11,16H,5H2,1H3. The third-order valence-corrected chi connectivity index (χ3v) is 3.66. The molecule has 2 aromatic rings. The molecule has 0 aliphatic carbocycles. The average Bonchev–Trinajstić information content (AvgIpc) is 2.68. The van der Waals surface area contributed by atoms with Crippen LogP contribution in [0.15, 0.2) is 23.6 Å². The van der Waals surface area contributed by atoms with E-state index >= 15 is 0 Å². The first kappa shape index (κ1) is 12.5. The molecule has 2 rings (SSSR count). The van der Waals surface area contributed by atoms with Crippen LogP contribution < -0.4 is 0 Å². The Labute approximate surface area is 108 Å². The van der Waals surface area contributed by atoms with Gasteiger partial charge in [0.25, 0.3) is 0 Å². The van der Waals surface area contributed by atoms with Gasteiger partial charge in [0.1, 0.15) is 5.82 Å². The number of aliphatic hydroxyl groups excluding tert-OH is 1. The van der Waals surface area contributed by atoms with E-state index in [2.05, 4.69) is 4.98 Å². The van der Waals surface area contributed by atoms with E-state index in [4.69, 9.17) is 11.6 Å². The summed E-state index contributed by atoms with van der Waals surface area (Å²) in [5, 5.41) is 12.8. The highest BCUT2D eigenvalue weighted by molar-refractivity contribution is 7.09. The van der Waals surface area contributed by atoms with Crippen molar-refractivity contribution in [2.24, 2.45) is 0 Å². The lowest BCUT2D eigenvalue weighted by Crippen LogP contribution is -2.02. The van der Waals surface area contributed by atoms with Crippen molar-refractivity contribution in [3.05, 3.63) is 50.7 Å². The minimum Gasteiger partial charge on any atom is -0.388 e. The normalized spacial score (nSPS) is 12.7. The quantitative estimate of drug-likeness (QED) is 0.927. The van der Waals surface area contributed by atoms with Crippen molar-refractivity contribution >= 4 is 22.9 Å². The second-order valence-electron chi connectivity index (χ2n) is 3.78. The number of benzene rings is 1. The second kappa shape index (κ2) is 5.12. The Morgan fingerprint density at radius 3 is 2.88 bits per heavy atom. The molecule has 0 radical (unpaired) electrons. The van der Waals surface area contributed by atoms with Gasteiger partial charge in [-0.15, -0.1) is 11.3 Å².